The Hall–Kier alpha value is -1.22. The maximum Gasteiger partial charge on any atom is 0.128 e. The largest absolute Gasteiger partial charge is 0.497 e. The van der Waals surface area contributed by atoms with Gasteiger partial charge in [0.15, 0.2) is 0 Å². The molecule has 20 heavy (non-hydrogen) atoms. The number of nitrogens with two attached hydrogens (primary N) is 1. The highest BCUT2D eigenvalue weighted by atomic mass is 16.5. The summed E-state index contributed by atoms with van der Waals surface area (Å²) in [6.45, 7) is 2.28. The van der Waals surface area contributed by atoms with Crippen molar-refractivity contribution in [3.8, 4) is 11.5 Å². The molecule has 0 radical (unpaired) electrons. The minimum absolute atomic E-state index is 0.0439. The second-order valence-corrected chi connectivity index (χ2v) is 6.37. The molecule has 2 N–H and O–H groups in total. The maximum absolute atomic E-state index is 6.45. The lowest BCUT2D eigenvalue weighted by Gasteiger charge is -2.46. The number of ether oxygens (including phenoxy) is 2. The second-order valence-electron chi connectivity index (χ2n) is 6.37. The first-order valence-corrected chi connectivity index (χ1v) is 7.78. The van der Waals surface area contributed by atoms with Crippen molar-refractivity contribution in [2.45, 2.75) is 57.1 Å². The van der Waals surface area contributed by atoms with Gasteiger partial charge in [0.1, 0.15) is 17.1 Å². The number of hydrogen-bond acceptors (Lipinski definition) is 3. The van der Waals surface area contributed by atoms with Gasteiger partial charge in [-0.3, -0.25) is 0 Å². The Kier molecular flexibility index (Phi) is 3.63. The first-order chi connectivity index (χ1) is 9.65. The van der Waals surface area contributed by atoms with Crippen molar-refractivity contribution in [1.82, 2.24) is 0 Å². The van der Waals surface area contributed by atoms with Crippen molar-refractivity contribution in [3.63, 3.8) is 0 Å². The zero-order valence-corrected chi connectivity index (χ0v) is 12.5. The molecule has 0 bridgehead atoms. The van der Waals surface area contributed by atoms with E-state index in [1.807, 2.05) is 18.2 Å². The summed E-state index contributed by atoms with van der Waals surface area (Å²) in [7, 11) is 1.69. The standard InChI is InChI=1S/C17H25NO2/c1-3-12-5-4-8-17(10-12)11-15(18)14-7-6-13(19-2)9-16(14)20-17/h6-7,9,12,15H,3-5,8,10-11,18H2,1-2H3/t12?,15-,17?/m0/s1. The summed E-state index contributed by atoms with van der Waals surface area (Å²) in [5.41, 5.74) is 7.49. The Balaban J connectivity index is 1.90. The van der Waals surface area contributed by atoms with E-state index in [1.165, 1.54) is 19.3 Å². The highest BCUT2D eigenvalue weighted by molar-refractivity contribution is 5.44. The maximum atomic E-state index is 6.45. The quantitative estimate of drug-likeness (QED) is 0.892. The molecule has 1 aliphatic carbocycles. The lowest BCUT2D eigenvalue weighted by molar-refractivity contribution is -0.0177. The van der Waals surface area contributed by atoms with Crippen LogP contribution < -0.4 is 15.2 Å². The smallest absolute Gasteiger partial charge is 0.128 e. The van der Waals surface area contributed by atoms with Gasteiger partial charge in [-0.15, -0.1) is 0 Å². The third-order valence-corrected chi connectivity index (χ3v) is 5.02. The SMILES string of the molecule is CCC1CCCC2(C1)C[C@H](N)c1ccc(OC)cc1O2. The molecule has 2 unspecified atom stereocenters. The summed E-state index contributed by atoms with van der Waals surface area (Å²) in [6, 6.07) is 6.09. The van der Waals surface area contributed by atoms with Gasteiger partial charge in [-0.1, -0.05) is 25.8 Å². The van der Waals surface area contributed by atoms with E-state index in [0.717, 1.165) is 42.2 Å². The van der Waals surface area contributed by atoms with E-state index in [4.69, 9.17) is 15.2 Å². The van der Waals surface area contributed by atoms with E-state index in [1.54, 1.807) is 7.11 Å². The fraction of sp³-hybridized carbons (Fsp3) is 0.647. The van der Waals surface area contributed by atoms with Gasteiger partial charge in [-0.05, 0) is 31.2 Å². The molecule has 2 aliphatic rings. The lowest BCUT2D eigenvalue weighted by Crippen LogP contribution is -2.46. The first-order valence-electron chi connectivity index (χ1n) is 7.78. The van der Waals surface area contributed by atoms with Crippen LogP contribution in [0, 0.1) is 5.92 Å². The van der Waals surface area contributed by atoms with E-state index >= 15 is 0 Å². The Morgan fingerprint density at radius 3 is 3.00 bits per heavy atom. The van der Waals surface area contributed by atoms with Gasteiger partial charge in [0.2, 0.25) is 0 Å². The Bertz CT molecular complexity index is 488. The van der Waals surface area contributed by atoms with Gasteiger partial charge in [0, 0.05) is 24.1 Å². The first kappa shape index (κ1) is 13.7. The zero-order chi connectivity index (χ0) is 14.2. The van der Waals surface area contributed by atoms with Crippen molar-refractivity contribution in [3.05, 3.63) is 23.8 Å². The average Bonchev–Trinajstić information content (AvgIpc) is 2.46. The van der Waals surface area contributed by atoms with Crippen LogP contribution >= 0.6 is 0 Å². The average molecular weight is 275 g/mol. The second kappa shape index (κ2) is 5.28. The predicted molar refractivity (Wildman–Crippen MR) is 80.1 cm³/mol. The van der Waals surface area contributed by atoms with Crippen LogP contribution in [0.5, 0.6) is 11.5 Å². The van der Waals surface area contributed by atoms with Gasteiger partial charge in [-0.2, -0.15) is 0 Å². The molecular formula is C17H25NO2. The summed E-state index contributed by atoms with van der Waals surface area (Å²) in [4.78, 5) is 0. The lowest BCUT2D eigenvalue weighted by atomic mass is 9.72. The number of methoxy groups -OCH3 is 1. The van der Waals surface area contributed by atoms with Crippen LogP contribution in [-0.4, -0.2) is 12.7 Å². The van der Waals surface area contributed by atoms with Gasteiger partial charge < -0.3 is 15.2 Å². The van der Waals surface area contributed by atoms with Crippen LogP contribution in [0.15, 0.2) is 18.2 Å². The van der Waals surface area contributed by atoms with Crippen molar-refractivity contribution in [1.29, 1.82) is 0 Å². The van der Waals surface area contributed by atoms with Gasteiger partial charge in [-0.25, -0.2) is 0 Å². The summed E-state index contributed by atoms with van der Waals surface area (Å²) < 4.78 is 11.8. The molecule has 0 saturated heterocycles. The molecule has 1 aliphatic heterocycles. The third kappa shape index (κ3) is 2.39. The molecule has 3 atom stereocenters. The molecule has 1 fully saturated rings. The minimum Gasteiger partial charge on any atom is -0.497 e. The zero-order valence-electron chi connectivity index (χ0n) is 12.5. The van der Waals surface area contributed by atoms with E-state index in [0.29, 0.717) is 0 Å². The summed E-state index contributed by atoms with van der Waals surface area (Å²) in [5, 5.41) is 0. The highest BCUT2D eigenvalue weighted by Gasteiger charge is 2.43. The van der Waals surface area contributed by atoms with E-state index < -0.39 is 0 Å². The molecule has 3 rings (SSSR count). The molecule has 0 amide bonds. The minimum atomic E-state index is -0.0439. The molecule has 1 spiro atoms. The molecule has 3 heteroatoms. The third-order valence-electron chi connectivity index (χ3n) is 5.02. The molecule has 1 aromatic rings. The van der Waals surface area contributed by atoms with Crippen LogP contribution in [0.3, 0.4) is 0 Å². The number of rotatable bonds is 2. The fourth-order valence-corrected chi connectivity index (χ4v) is 3.89. The molecule has 1 saturated carbocycles. The van der Waals surface area contributed by atoms with Crippen LogP contribution in [0.2, 0.25) is 0 Å². The number of benzene rings is 1. The Morgan fingerprint density at radius 1 is 1.40 bits per heavy atom. The Labute approximate surface area is 121 Å². The van der Waals surface area contributed by atoms with Crippen molar-refractivity contribution in [2.24, 2.45) is 11.7 Å². The van der Waals surface area contributed by atoms with Gasteiger partial charge in [0.25, 0.3) is 0 Å². The van der Waals surface area contributed by atoms with Crippen LogP contribution in [0.4, 0.5) is 0 Å². The predicted octanol–water partition coefficient (Wildman–Crippen LogP) is 3.82. The summed E-state index contributed by atoms with van der Waals surface area (Å²) in [5.74, 6) is 2.55. The fourth-order valence-electron chi connectivity index (χ4n) is 3.89. The summed E-state index contributed by atoms with van der Waals surface area (Å²) >= 11 is 0. The van der Waals surface area contributed by atoms with Crippen molar-refractivity contribution >= 4 is 0 Å². The number of hydrogen-bond donors (Lipinski definition) is 1. The molecule has 1 aromatic carbocycles. The van der Waals surface area contributed by atoms with Gasteiger partial charge in [0.05, 0.1) is 7.11 Å². The van der Waals surface area contributed by atoms with Crippen LogP contribution in [0.25, 0.3) is 0 Å². The number of fused-ring (bicyclic) bond motifs is 1. The Morgan fingerprint density at radius 2 is 2.25 bits per heavy atom. The molecule has 110 valence electrons. The molecular weight excluding hydrogens is 250 g/mol. The van der Waals surface area contributed by atoms with Crippen molar-refractivity contribution < 1.29 is 9.47 Å². The monoisotopic (exact) mass is 275 g/mol. The molecule has 1 heterocycles. The molecule has 3 nitrogen and oxygen atoms in total. The van der Waals surface area contributed by atoms with Crippen molar-refractivity contribution in [2.75, 3.05) is 7.11 Å². The van der Waals surface area contributed by atoms with Crippen LogP contribution in [0.1, 0.15) is 57.1 Å². The van der Waals surface area contributed by atoms with Crippen LogP contribution in [-0.2, 0) is 0 Å². The molecule has 0 aromatic heterocycles. The van der Waals surface area contributed by atoms with E-state index in [9.17, 15) is 0 Å². The van der Waals surface area contributed by atoms with E-state index in [-0.39, 0.29) is 11.6 Å². The topological polar surface area (TPSA) is 44.5 Å². The highest BCUT2D eigenvalue weighted by Crippen LogP contribution is 2.47. The summed E-state index contributed by atoms with van der Waals surface area (Å²) in [6.07, 6.45) is 7.06. The normalized spacial score (nSPS) is 32.5. The van der Waals surface area contributed by atoms with E-state index in [2.05, 4.69) is 6.92 Å². The van der Waals surface area contributed by atoms with Gasteiger partial charge >= 0.3 is 0 Å².